The van der Waals surface area contributed by atoms with Crippen LogP contribution in [0.2, 0.25) is 0 Å². The summed E-state index contributed by atoms with van der Waals surface area (Å²) in [7, 11) is 0. The molecule has 0 bridgehead atoms. The van der Waals surface area contributed by atoms with Crippen molar-refractivity contribution in [3.63, 3.8) is 0 Å². The van der Waals surface area contributed by atoms with Crippen LogP contribution in [0, 0.1) is 5.92 Å². The van der Waals surface area contributed by atoms with Crippen LogP contribution in [0.5, 0.6) is 11.5 Å². The van der Waals surface area contributed by atoms with E-state index in [2.05, 4.69) is 0 Å². The van der Waals surface area contributed by atoms with E-state index in [1.54, 1.807) is 0 Å². The van der Waals surface area contributed by atoms with Gasteiger partial charge in [-0.3, -0.25) is 0 Å². The summed E-state index contributed by atoms with van der Waals surface area (Å²) < 4.78 is 10.9. The molecule has 1 aromatic rings. The molecule has 0 saturated carbocycles. The summed E-state index contributed by atoms with van der Waals surface area (Å²) in [5.41, 5.74) is 0.0299. The molecule has 3 nitrogen and oxygen atoms in total. The van der Waals surface area contributed by atoms with Crippen LogP contribution in [0.1, 0.15) is 26.3 Å². The fraction of sp³-hybridized carbons (Fsp3) is 0.538. The van der Waals surface area contributed by atoms with Crippen molar-refractivity contribution in [1.82, 2.24) is 0 Å². The Hall–Kier alpha value is -1.22. The second-order valence-corrected chi connectivity index (χ2v) is 4.66. The van der Waals surface area contributed by atoms with Gasteiger partial charge in [-0.2, -0.15) is 0 Å². The Morgan fingerprint density at radius 2 is 1.81 bits per heavy atom. The molecule has 0 saturated heterocycles. The van der Waals surface area contributed by atoms with Crippen molar-refractivity contribution in [2.24, 2.45) is 5.92 Å². The van der Waals surface area contributed by atoms with E-state index >= 15 is 0 Å². The van der Waals surface area contributed by atoms with Crippen LogP contribution in [0.15, 0.2) is 18.2 Å². The summed E-state index contributed by atoms with van der Waals surface area (Å²) in [6.45, 7) is 6.98. The molecular formula is C13H18O3. The number of rotatable bonds is 2. The molecule has 1 aliphatic rings. The molecule has 1 heterocycles. The Balaban J connectivity index is 2.37. The predicted octanol–water partition coefficient (Wildman–Crippen LogP) is 2.32. The lowest BCUT2D eigenvalue weighted by Crippen LogP contribution is -2.28. The summed E-state index contributed by atoms with van der Waals surface area (Å²) in [6, 6.07) is 5.63. The van der Waals surface area contributed by atoms with Gasteiger partial charge in [0.1, 0.15) is 13.2 Å². The maximum Gasteiger partial charge on any atom is 0.161 e. The third kappa shape index (κ3) is 1.87. The second kappa shape index (κ2) is 3.98. The summed E-state index contributed by atoms with van der Waals surface area (Å²) in [6.07, 6.45) is 0. The summed E-state index contributed by atoms with van der Waals surface area (Å²) in [4.78, 5) is 0. The summed E-state index contributed by atoms with van der Waals surface area (Å²) in [5, 5.41) is 10.4. The molecular weight excluding hydrogens is 204 g/mol. The predicted molar refractivity (Wildman–Crippen MR) is 61.8 cm³/mol. The maximum atomic E-state index is 10.4. The quantitative estimate of drug-likeness (QED) is 0.834. The Kier molecular flexibility index (Phi) is 2.80. The highest BCUT2D eigenvalue weighted by molar-refractivity contribution is 5.45. The van der Waals surface area contributed by atoms with Gasteiger partial charge >= 0.3 is 0 Å². The zero-order valence-corrected chi connectivity index (χ0v) is 9.99. The van der Waals surface area contributed by atoms with Gasteiger partial charge in [-0.05, 0) is 30.5 Å². The molecule has 1 unspecified atom stereocenters. The SMILES string of the molecule is CC(C)C(C)(O)c1ccc2c(c1)OCCO2. The minimum Gasteiger partial charge on any atom is -0.486 e. The molecule has 1 aromatic carbocycles. The third-order valence-corrected chi connectivity index (χ3v) is 3.25. The standard InChI is InChI=1S/C13H18O3/c1-9(2)13(3,14)10-4-5-11-12(8-10)16-7-6-15-11/h4-5,8-9,14H,6-7H2,1-3H3. The summed E-state index contributed by atoms with van der Waals surface area (Å²) in [5.74, 6) is 1.63. The normalized spacial score (nSPS) is 18.3. The Morgan fingerprint density at radius 1 is 1.19 bits per heavy atom. The maximum absolute atomic E-state index is 10.4. The van der Waals surface area contributed by atoms with Crippen LogP contribution in [-0.4, -0.2) is 18.3 Å². The highest BCUT2D eigenvalue weighted by Crippen LogP contribution is 2.36. The van der Waals surface area contributed by atoms with E-state index in [1.807, 2.05) is 39.0 Å². The van der Waals surface area contributed by atoms with E-state index in [4.69, 9.17) is 9.47 Å². The first-order valence-corrected chi connectivity index (χ1v) is 5.64. The van der Waals surface area contributed by atoms with E-state index < -0.39 is 5.60 Å². The minimum absolute atomic E-state index is 0.148. The van der Waals surface area contributed by atoms with Gasteiger partial charge in [-0.15, -0.1) is 0 Å². The molecule has 0 spiro atoms. The Labute approximate surface area is 96.0 Å². The zero-order chi connectivity index (χ0) is 11.8. The van der Waals surface area contributed by atoms with Crippen molar-refractivity contribution in [1.29, 1.82) is 0 Å². The van der Waals surface area contributed by atoms with E-state index in [1.165, 1.54) is 0 Å². The average molecular weight is 222 g/mol. The number of aliphatic hydroxyl groups is 1. The lowest BCUT2D eigenvalue weighted by atomic mass is 9.85. The van der Waals surface area contributed by atoms with E-state index in [-0.39, 0.29) is 5.92 Å². The number of hydrogen-bond acceptors (Lipinski definition) is 3. The smallest absolute Gasteiger partial charge is 0.161 e. The Morgan fingerprint density at radius 3 is 2.44 bits per heavy atom. The summed E-state index contributed by atoms with van der Waals surface area (Å²) >= 11 is 0. The van der Waals surface area contributed by atoms with Crippen molar-refractivity contribution in [3.8, 4) is 11.5 Å². The van der Waals surface area contributed by atoms with Gasteiger partial charge < -0.3 is 14.6 Å². The van der Waals surface area contributed by atoms with Crippen molar-refractivity contribution < 1.29 is 14.6 Å². The highest BCUT2D eigenvalue weighted by Gasteiger charge is 2.28. The van der Waals surface area contributed by atoms with E-state index in [9.17, 15) is 5.11 Å². The molecule has 0 amide bonds. The Bertz CT molecular complexity index is 383. The van der Waals surface area contributed by atoms with Crippen molar-refractivity contribution in [3.05, 3.63) is 23.8 Å². The molecule has 1 N–H and O–H groups in total. The monoisotopic (exact) mass is 222 g/mol. The van der Waals surface area contributed by atoms with Gasteiger partial charge in [0.15, 0.2) is 11.5 Å². The van der Waals surface area contributed by atoms with Crippen molar-refractivity contribution >= 4 is 0 Å². The van der Waals surface area contributed by atoms with E-state index in [0.29, 0.717) is 13.2 Å². The fourth-order valence-electron chi connectivity index (χ4n) is 1.69. The molecule has 0 aromatic heterocycles. The highest BCUT2D eigenvalue weighted by atomic mass is 16.6. The largest absolute Gasteiger partial charge is 0.486 e. The van der Waals surface area contributed by atoms with Gasteiger partial charge in [0, 0.05) is 0 Å². The van der Waals surface area contributed by atoms with Crippen LogP contribution in [0.25, 0.3) is 0 Å². The number of ether oxygens (including phenoxy) is 2. The molecule has 3 heteroatoms. The first kappa shape index (κ1) is 11.3. The second-order valence-electron chi connectivity index (χ2n) is 4.66. The first-order chi connectivity index (χ1) is 7.51. The number of benzene rings is 1. The van der Waals surface area contributed by atoms with Crippen LogP contribution in [0.4, 0.5) is 0 Å². The topological polar surface area (TPSA) is 38.7 Å². The van der Waals surface area contributed by atoms with E-state index in [0.717, 1.165) is 17.1 Å². The van der Waals surface area contributed by atoms with Crippen LogP contribution in [0.3, 0.4) is 0 Å². The number of hydrogen-bond donors (Lipinski definition) is 1. The van der Waals surface area contributed by atoms with Crippen LogP contribution in [-0.2, 0) is 5.60 Å². The van der Waals surface area contributed by atoms with Gasteiger partial charge in [0.25, 0.3) is 0 Å². The molecule has 0 radical (unpaired) electrons. The molecule has 0 fully saturated rings. The lowest BCUT2D eigenvalue weighted by molar-refractivity contribution is 0.00859. The number of fused-ring (bicyclic) bond motifs is 1. The molecule has 0 aliphatic carbocycles. The zero-order valence-electron chi connectivity index (χ0n) is 9.99. The molecule has 16 heavy (non-hydrogen) atoms. The van der Waals surface area contributed by atoms with Crippen molar-refractivity contribution in [2.45, 2.75) is 26.4 Å². The molecule has 88 valence electrons. The molecule has 1 aliphatic heterocycles. The van der Waals surface area contributed by atoms with Gasteiger partial charge in [-0.25, -0.2) is 0 Å². The molecule has 2 rings (SSSR count). The third-order valence-electron chi connectivity index (χ3n) is 3.25. The van der Waals surface area contributed by atoms with Gasteiger partial charge in [0.05, 0.1) is 5.60 Å². The first-order valence-electron chi connectivity index (χ1n) is 5.64. The van der Waals surface area contributed by atoms with Gasteiger partial charge in [-0.1, -0.05) is 19.9 Å². The fourth-order valence-corrected chi connectivity index (χ4v) is 1.69. The van der Waals surface area contributed by atoms with Crippen molar-refractivity contribution in [2.75, 3.05) is 13.2 Å². The average Bonchev–Trinajstić information content (AvgIpc) is 2.28. The van der Waals surface area contributed by atoms with Crippen LogP contribution >= 0.6 is 0 Å². The molecule has 1 atom stereocenters. The minimum atomic E-state index is -0.837. The lowest BCUT2D eigenvalue weighted by Gasteiger charge is -2.29. The van der Waals surface area contributed by atoms with Crippen LogP contribution < -0.4 is 9.47 Å². The van der Waals surface area contributed by atoms with Gasteiger partial charge in [0.2, 0.25) is 0 Å².